The topological polar surface area (TPSA) is 76.2 Å². The molecule has 1 saturated heterocycles. The predicted octanol–water partition coefficient (Wildman–Crippen LogP) is 1.99. The third kappa shape index (κ3) is 5.71. The van der Waals surface area contributed by atoms with E-state index >= 15 is 0 Å². The molecular weight excluding hydrogens is 368 g/mol. The smallest absolute Gasteiger partial charge is 0.261 e. The first-order valence-corrected chi connectivity index (χ1v) is 10.8. The van der Waals surface area contributed by atoms with Crippen LogP contribution in [0.4, 0.5) is 0 Å². The number of carbonyl (C=O) groups excluding carboxylic acids is 1. The number of carbonyl (C=O) groups is 1. The molecule has 1 heterocycles. The van der Waals surface area contributed by atoms with Gasteiger partial charge in [-0.25, -0.2) is 13.4 Å². The normalized spacial score (nSPS) is 18.8. The summed E-state index contributed by atoms with van der Waals surface area (Å²) in [5, 5.41) is 3.14. The van der Waals surface area contributed by atoms with E-state index in [1.807, 2.05) is 19.1 Å². The summed E-state index contributed by atoms with van der Waals surface area (Å²) in [7, 11) is 1.97. The molecule has 27 heavy (non-hydrogen) atoms. The molecule has 0 aromatic heterocycles. The molecule has 1 aromatic rings. The standard InChI is InChI=1S/C19H28N2O5S/c1-5-11-26-17-8-6-15(13-18(17)25-4)7-9-19(22)21(20(2)3)16-10-12-27(23,24)14-16/h6-9,13,16H,5,10-12,14H2,1-4H3/b9-7+. The molecule has 0 saturated carbocycles. The SMILES string of the molecule is CCCOc1ccc(/C=C/C(=O)N(C2CCS(=O)(=O)C2)N(C)C)cc1OC. The van der Waals surface area contributed by atoms with Crippen molar-refractivity contribution in [2.75, 3.05) is 39.3 Å². The second-order valence-corrected chi connectivity index (χ2v) is 8.91. The minimum Gasteiger partial charge on any atom is -0.493 e. The van der Waals surface area contributed by atoms with Gasteiger partial charge in [-0.1, -0.05) is 13.0 Å². The van der Waals surface area contributed by atoms with Gasteiger partial charge in [0.1, 0.15) is 0 Å². The number of rotatable bonds is 8. The number of amides is 1. The van der Waals surface area contributed by atoms with Crippen molar-refractivity contribution in [2.45, 2.75) is 25.8 Å². The van der Waals surface area contributed by atoms with E-state index < -0.39 is 9.84 Å². The fourth-order valence-corrected chi connectivity index (χ4v) is 4.73. The zero-order valence-electron chi connectivity index (χ0n) is 16.3. The Balaban J connectivity index is 2.14. The lowest BCUT2D eigenvalue weighted by atomic mass is 10.1. The molecule has 1 atom stereocenters. The Labute approximate surface area is 161 Å². The molecule has 8 heteroatoms. The largest absolute Gasteiger partial charge is 0.493 e. The van der Waals surface area contributed by atoms with E-state index in [0.29, 0.717) is 24.5 Å². The number of methoxy groups -OCH3 is 1. The van der Waals surface area contributed by atoms with Gasteiger partial charge in [-0.05, 0) is 36.6 Å². The zero-order chi connectivity index (χ0) is 20.0. The van der Waals surface area contributed by atoms with Gasteiger partial charge < -0.3 is 9.47 Å². The van der Waals surface area contributed by atoms with Gasteiger partial charge in [0.15, 0.2) is 21.3 Å². The molecule has 1 aromatic carbocycles. The van der Waals surface area contributed by atoms with Gasteiger partial charge in [0.25, 0.3) is 5.91 Å². The second-order valence-electron chi connectivity index (χ2n) is 6.68. The summed E-state index contributed by atoms with van der Waals surface area (Å²) in [4.78, 5) is 12.7. The fourth-order valence-electron chi connectivity index (χ4n) is 3.03. The van der Waals surface area contributed by atoms with Crippen LogP contribution in [0.5, 0.6) is 11.5 Å². The third-order valence-corrected chi connectivity index (χ3v) is 6.03. The average molecular weight is 397 g/mol. The molecule has 1 aliphatic heterocycles. The Hall–Kier alpha value is -2.06. The van der Waals surface area contributed by atoms with Crippen molar-refractivity contribution in [3.63, 3.8) is 0 Å². The summed E-state index contributed by atoms with van der Waals surface area (Å²) >= 11 is 0. The average Bonchev–Trinajstić information content (AvgIpc) is 2.97. The molecule has 0 N–H and O–H groups in total. The molecule has 7 nitrogen and oxygen atoms in total. The highest BCUT2D eigenvalue weighted by atomic mass is 32.2. The van der Waals surface area contributed by atoms with Crippen molar-refractivity contribution in [1.29, 1.82) is 0 Å². The van der Waals surface area contributed by atoms with E-state index in [1.54, 1.807) is 38.4 Å². The first-order valence-electron chi connectivity index (χ1n) is 8.97. The van der Waals surface area contributed by atoms with E-state index in [-0.39, 0.29) is 23.5 Å². The summed E-state index contributed by atoms with van der Waals surface area (Å²) in [6.07, 6.45) is 4.49. The van der Waals surface area contributed by atoms with Crippen LogP contribution in [0.1, 0.15) is 25.3 Å². The van der Waals surface area contributed by atoms with Crippen molar-refractivity contribution in [1.82, 2.24) is 10.0 Å². The van der Waals surface area contributed by atoms with Gasteiger partial charge in [-0.3, -0.25) is 9.80 Å². The van der Waals surface area contributed by atoms with Crippen LogP contribution < -0.4 is 9.47 Å². The predicted molar refractivity (Wildman–Crippen MR) is 105 cm³/mol. The Morgan fingerprint density at radius 2 is 2.04 bits per heavy atom. The Kier molecular flexibility index (Phi) is 7.26. The number of hydrogen-bond donors (Lipinski definition) is 0. The third-order valence-electron chi connectivity index (χ3n) is 4.28. The lowest BCUT2D eigenvalue weighted by molar-refractivity contribution is -0.143. The number of sulfone groups is 1. The van der Waals surface area contributed by atoms with Crippen LogP contribution in [-0.2, 0) is 14.6 Å². The quantitative estimate of drug-likeness (QED) is 0.494. The van der Waals surface area contributed by atoms with E-state index in [2.05, 4.69) is 0 Å². The van der Waals surface area contributed by atoms with Crippen LogP contribution in [0.15, 0.2) is 24.3 Å². The monoisotopic (exact) mass is 396 g/mol. The molecule has 150 valence electrons. The lowest BCUT2D eigenvalue weighted by Crippen LogP contribution is -2.48. The molecule has 0 radical (unpaired) electrons. The van der Waals surface area contributed by atoms with Crippen LogP contribution in [-0.4, -0.2) is 69.7 Å². The highest BCUT2D eigenvalue weighted by Crippen LogP contribution is 2.28. The summed E-state index contributed by atoms with van der Waals surface area (Å²) < 4.78 is 34.5. The summed E-state index contributed by atoms with van der Waals surface area (Å²) in [5.41, 5.74) is 0.793. The first-order chi connectivity index (χ1) is 12.8. The van der Waals surface area contributed by atoms with Gasteiger partial charge in [-0.2, -0.15) is 0 Å². The van der Waals surface area contributed by atoms with Crippen molar-refractivity contribution in [2.24, 2.45) is 0 Å². The Morgan fingerprint density at radius 1 is 1.30 bits per heavy atom. The lowest BCUT2D eigenvalue weighted by Gasteiger charge is -2.32. The number of ether oxygens (including phenoxy) is 2. The summed E-state index contributed by atoms with van der Waals surface area (Å²) in [6.45, 7) is 2.63. The van der Waals surface area contributed by atoms with Crippen LogP contribution in [0.3, 0.4) is 0 Å². The molecule has 0 bridgehead atoms. The number of hydrogen-bond acceptors (Lipinski definition) is 6. The van der Waals surface area contributed by atoms with E-state index in [9.17, 15) is 13.2 Å². The zero-order valence-corrected chi connectivity index (χ0v) is 17.2. The highest BCUT2D eigenvalue weighted by Gasteiger charge is 2.35. The molecule has 1 aliphatic rings. The van der Waals surface area contributed by atoms with Crippen molar-refractivity contribution >= 4 is 21.8 Å². The molecule has 0 aliphatic carbocycles. The fraction of sp³-hybridized carbons (Fsp3) is 0.526. The Morgan fingerprint density at radius 3 is 2.59 bits per heavy atom. The molecule has 2 rings (SSSR count). The maximum Gasteiger partial charge on any atom is 0.261 e. The number of nitrogens with zero attached hydrogens (tertiary/aromatic N) is 2. The van der Waals surface area contributed by atoms with E-state index in [4.69, 9.17) is 9.47 Å². The van der Waals surface area contributed by atoms with E-state index in [1.165, 1.54) is 11.1 Å². The number of hydrazine groups is 1. The molecule has 1 fully saturated rings. The van der Waals surface area contributed by atoms with Crippen LogP contribution >= 0.6 is 0 Å². The van der Waals surface area contributed by atoms with Crippen molar-refractivity contribution in [3.05, 3.63) is 29.8 Å². The molecule has 0 spiro atoms. The molecule has 1 unspecified atom stereocenters. The maximum absolute atomic E-state index is 12.7. The minimum absolute atomic E-state index is 0.00203. The summed E-state index contributed by atoms with van der Waals surface area (Å²) in [5.74, 6) is 1.13. The van der Waals surface area contributed by atoms with Gasteiger partial charge in [0.2, 0.25) is 0 Å². The van der Waals surface area contributed by atoms with Crippen molar-refractivity contribution < 1.29 is 22.7 Å². The molecule has 1 amide bonds. The van der Waals surface area contributed by atoms with Crippen LogP contribution in [0.2, 0.25) is 0 Å². The van der Waals surface area contributed by atoms with Crippen molar-refractivity contribution in [3.8, 4) is 11.5 Å². The first kappa shape index (κ1) is 21.2. The van der Waals surface area contributed by atoms with Gasteiger partial charge in [-0.15, -0.1) is 0 Å². The minimum atomic E-state index is -3.07. The molecular formula is C19H28N2O5S. The number of benzene rings is 1. The van der Waals surface area contributed by atoms with Gasteiger partial charge in [0.05, 0.1) is 31.3 Å². The van der Waals surface area contributed by atoms with E-state index in [0.717, 1.165) is 12.0 Å². The second kappa shape index (κ2) is 9.23. The van der Waals surface area contributed by atoms with Crippen LogP contribution in [0.25, 0.3) is 6.08 Å². The van der Waals surface area contributed by atoms with Gasteiger partial charge >= 0.3 is 0 Å². The highest BCUT2D eigenvalue weighted by molar-refractivity contribution is 7.91. The maximum atomic E-state index is 12.7. The van der Waals surface area contributed by atoms with Gasteiger partial charge in [0, 0.05) is 20.2 Å². The summed E-state index contributed by atoms with van der Waals surface area (Å²) in [6, 6.07) is 5.12. The Bertz CT molecular complexity index is 789. The van der Waals surface area contributed by atoms with Crippen LogP contribution in [0, 0.1) is 0 Å².